The topological polar surface area (TPSA) is 93.2 Å². The Kier molecular flexibility index (Phi) is 9.11. The van der Waals surface area contributed by atoms with Gasteiger partial charge in [0.1, 0.15) is 22.8 Å². The lowest BCUT2D eigenvalue weighted by molar-refractivity contribution is -0.121. The zero-order valence-corrected chi connectivity index (χ0v) is 19.8. The maximum Gasteiger partial charge on any atom is 0.410 e. The fourth-order valence-electron chi connectivity index (χ4n) is 2.55. The number of hydrogen-bond acceptors (Lipinski definition) is 6. The molecule has 0 radical (unpaired) electrons. The second-order valence-electron chi connectivity index (χ2n) is 9.12. The number of ether oxygens (including phenoxy) is 2. The van der Waals surface area contributed by atoms with Crippen LogP contribution in [0.4, 0.5) is 9.59 Å². The number of alkyl halides is 1. The van der Waals surface area contributed by atoms with Gasteiger partial charge in [-0.05, 0) is 41.5 Å². The van der Waals surface area contributed by atoms with Crippen LogP contribution in [0.25, 0.3) is 0 Å². The van der Waals surface area contributed by atoms with E-state index in [9.17, 15) is 19.2 Å². The molecule has 2 aliphatic heterocycles. The van der Waals surface area contributed by atoms with Crippen molar-refractivity contribution in [1.29, 1.82) is 0 Å². The molecular weight excluding hydrogens is 444 g/mol. The third kappa shape index (κ3) is 10.1. The minimum Gasteiger partial charge on any atom is -0.444 e. The molecule has 9 heteroatoms. The molecule has 0 spiro atoms. The van der Waals surface area contributed by atoms with Crippen LogP contribution in [0.15, 0.2) is 0 Å². The Morgan fingerprint density at radius 2 is 1.24 bits per heavy atom. The lowest BCUT2D eigenvalue weighted by Gasteiger charge is -2.31. The lowest BCUT2D eigenvalue weighted by atomic mass is 10.1. The first-order valence-electron chi connectivity index (χ1n) is 9.82. The molecule has 1 atom stereocenters. The van der Waals surface area contributed by atoms with E-state index in [1.807, 2.05) is 41.5 Å². The van der Waals surface area contributed by atoms with E-state index >= 15 is 0 Å². The highest BCUT2D eigenvalue weighted by molar-refractivity contribution is 9.10. The van der Waals surface area contributed by atoms with E-state index in [4.69, 9.17) is 9.47 Å². The van der Waals surface area contributed by atoms with Crippen LogP contribution in [0.1, 0.15) is 60.8 Å². The first-order valence-corrected chi connectivity index (χ1v) is 10.7. The molecule has 2 amide bonds. The molecule has 8 nitrogen and oxygen atoms in total. The Morgan fingerprint density at radius 3 is 1.66 bits per heavy atom. The quantitative estimate of drug-likeness (QED) is 0.496. The van der Waals surface area contributed by atoms with E-state index in [-0.39, 0.29) is 28.6 Å². The normalized spacial score (nSPS) is 20.6. The highest BCUT2D eigenvalue weighted by atomic mass is 79.9. The van der Waals surface area contributed by atoms with Crippen LogP contribution in [0.2, 0.25) is 0 Å². The summed E-state index contributed by atoms with van der Waals surface area (Å²) in [6.45, 7) is 12.8. The molecule has 0 aromatic rings. The Hall–Kier alpha value is -1.64. The van der Waals surface area contributed by atoms with Crippen LogP contribution in [0.5, 0.6) is 0 Å². The van der Waals surface area contributed by atoms with Gasteiger partial charge in [0.25, 0.3) is 0 Å². The molecule has 1 unspecified atom stereocenters. The number of rotatable bonds is 0. The first kappa shape index (κ1) is 25.4. The summed E-state index contributed by atoms with van der Waals surface area (Å²) in [6, 6.07) is 0. The van der Waals surface area contributed by atoms with Crippen LogP contribution in [-0.2, 0) is 19.1 Å². The van der Waals surface area contributed by atoms with Gasteiger partial charge < -0.3 is 19.3 Å². The molecule has 2 aliphatic rings. The largest absolute Gasteiger partial charge is 0.444 e. The molecule has 0 aromatic heterocycles. The molecular formula is C20H33BrN2O6. The summed E-state index contributed by atoms with van der Waals surface area (Å²) in [4.78, 5) is 48.2. The lowest BCUT2D eigenvalue weighted by Crippen LogP contribution is -2.46. The predicted molar refractivity (Wildman–Crippen MR) is 112 cm³/mol. The number of piperidine rings is 2. The predicted octanol–water partition coefficient (Wildman–Crippen LogP) is 3.55. The van der Waals surface area contributed by atoms with Crippen molar-refractivity contribution in [3.8, 4) is 0 Å². The maximum atomic E-state index is 11.6. The van der Waals surface area contributed by atoms with Crippen LogP contribution in [-0.4, -0.2) is 75.8 Å². The number of carbonyl (C=O) groups excluding carboxylic acids is 4. The SMILES string of the molecule is CC(C)(C)OC(=O)N1CCC(=O)C(Br)C1.CC(C)(C)OC(=O)N1CCC(=O)CC1. The number of ketones is 2. The van der Waals surface area contributed by atoms with Crippen molar-refractivity contribution in [2.45, 2.75) is 76.8 Å². The molecule has 29 heavy (non-hydrogen) atoms. The summed E-state index contributed by atoms with van der Waals surface area (Å²) in [5.74, 6) is 0.375. The van der Waals surface area contributed by atoms with Gasteiger partial charge in [0.2, 0.25) is 0 Å². The fraction of sp³-hybridized carbons (Fsp3) is 0.800. The molecule has 0 aromatic carbocycles. The van der Waals surface area contributed by atoms with Crippen LogP contribution >= 0.6 is 15.9 Å². The molecule has 2 saturated heterocycles. The summed E-state index contributed by atoms with van der Waals surface area (Å²) in [5, 5.41) is 0. The number of carbonyl (C=O) groups is 4. The van der Waals surface area contributed by atoms with Crippen molar-refractivity contribution < 1.29 is 28.7 Å². The average Bonchev–Trinajstić information content (AvgIpc) is 2.55. The second-order valence-corrected chi connectivity index (χ2v) is 10.2. The average molecular weight is 477 g/mol. The highest BCUT2D eigenvalue weighted by Crippen LogP contribution is 2.17. The summed E-state index contributed by atoms with van der Waals surface area (Å²) in [7, 11) is 0. The molecule has 2 rings (SSSR count). The molecule has 0 saturated carbocycles. The first-order chi connectivity index (χ1) is 13.2. The van der Waals surface area contributed by atoms with E-state index in [2.05, 4.69) is 15.9 Å². The molecule has 0 bridgehead atoms. The summed E-state index contributed by atoms with van der Waals surface area (Å²) < 4.78 is 10.4. The second kappa shape index (κ2) is 10.4. The van der Waals surface area contributed by atoms with Crippen LogP contribution < -0.4 is 0 Å². The number of Topliss-reactive ketones (excluding diaryl/α,β-unsaturated/α-hetero) is 2. The Labute approximate surface area is 181 Å². The van der Waals surface area contributed by atoms with E-state index in [1.54, 1.807) is 9.80 Å². The standard InChI is InChI=1S/C10H16BrNO3.C10H17NO3/c1-10(2,3)15-9(14)12-5-4-8(13)7(11)6-12;1-10(2,3)14-9(13)11-6-4-8(12)5-7-11/h7H,4-6H2,1-3H3;4-7H2,1-3H3. The van der Waals surface area contributed by atoms with E-state index in [1.165, 1.54) is 0 Å². The monoisotopic (exact) mass is 476 g/mol. The van der Waals surface area contributed by atoms with Gasteiger partial charge in [-0.3, -0.25) is 9.59 Å². The molecule has 2 heterocycles. The third-order valence-electron chi connectivity index (χ3n) is 3.98. The van der Waals surface area contributed by atoms with Crippen LogP contribution in [0.3, 0.4) is 0 Å². The minimum absolute atomic E-state index is 0.148. The Balaban J connectivity index is 0.000000291. The van der Waals surface area contributed by atoms with Gasteiger partial charge in [-0.2, -0.15) is 0 Å². The van der Waals surface area contributed by atoms with Gasteiger partial charge in [-0.1, -0.05) is 15.9 Å². The minimum atomic E-state index is -0.486. The Bertz CT molecular complexity index is 613. The number of amides is 2. The van der Waals surface area contributed by atoms with Crippen LogP contribution in [0, 0.1) is 0 Å². The van der Waals surface area contributed by atoms with E-state index in [0.717, 1.165) is 0 Å². The number of hydrogen-bond donors (Lipinski definition) is 0. The third-order valence-corrected chi connectivity index (χ3v) is 4.78. The number of halogens is 1. The zero-order chi connectivity index (χ0) is 22.4. The zero-order valence-electron chi connectivity index (χ0n) is 18.2. The van der Waals surface area contributed by atoms with Crippen molar-refractivity contribution in [3.63, 3.8) is 0 Å². The molecule has 166 valence electrons. The van der Waals surface area contributed by atoms with E-state index in [0.29, 0.717) is 45.4 Å². The highest BCUT2D eigenvalue weighted by Gasteiger charge is 2.30. The summed E-state index contributed by atoms with van der Waals surface area (Å²) in [5.41, 5.74) is -0.946. The van der Waals surface area contributed by atoms with Gasteiger partial charge in [0, 0.05) is 45.4 Å². The molecule has 2 fully saturated rings. The number of likely N-dealkylation sites (tertiary alicyclic amines) is 2. The number of nitrogens with zero attached hydrogens (tertiary/aromatic N) is 2. The van der Waals surface area contributed by atoms with Crippen molar-refractivity contribution in [1.82, 2.24) is 9.80 Å². The van der Waals surface area contributed by atoms with Gasteiger partial charge >= 0.3 is 12.2 Å². The van der Waals surface area contributed by atoms with Gasteiger partial charge in [0.15, 0.2) is 0 Å². The maximum absolute atomic E-state index is 11.6. The summed E-state index contributed by atoms with van der Waals surface area (Å²) >= 11 is 3.24. The summed E-state index contributed by atoms with van der Waals surface area (Å²) in [6.07, 6.45) is 0.651. The van der Waals surface area contributed by atoms with Gasteiger partial charge in [-0.25, -0.2) is 9.59 Å². The van der Waals surface area contributed by atoms with Gasteiger partial charge in [0.05, 0.1) is 4.83 Å². The Morgan fingerprint density at radius 1 is 0.828 bits per heavy atom. The smallest absolute Gasteiger partial charge is 0.410 e. The molecule has 0 aliphatic carbocycles. The van der Waals surface area contributed by atoms with Crippen molar-refractivity contribution in [2.75, 3.05) is 26.2 Å². The van der Waals surface area contributed by atoms with Crippen molar-refractivity contribution >= 4 is 39.7 Å². The van der Waals surface area contributed by atoms with Crippen molar-refractivity contribution in [2.24, 2.45) is 0 Å². The van der Waals surface area contributed by atoms with E-state index < -0.39 is 11.2 Å². The van der Waals surface area contributed by atoms with Gasteiger partial charge in [-0.15, -0.1) is 0 Å². The molecule has 0 N–H and O–H groups in total. The van der Waals surface area contributed by atoms with Crippen molar-refractivity contribution in [3.05, 3.63) is 0 Å². The fourth-order valence-corrected chi connectivity index (χ4v) is 3.12.